The van der Waals surface area contributed by atoms with Crippen LogP contribution in [0.15, 0.2) is 77.4 Å². The minimum Gasteiger partial charge on any atom is -0.459 e. The van der Waals surface area contributed by atoms with Gasteiger partial charge in [-0.1, -0.05) is 30.3 Å². The standard InChI is InChI=1S/C21H18N2O4/c24-18(15-5-2-1-3-6-15)12-13-20(25)22-16-8-10-17(11-9-16)23-21(26)19-7-4-14-27-19/h1-11,14H,12-13H2,(H,22,25)(H,23,26). The molecule has 3 rings (SSSR count). The van der Waals surface area contributed by atoms with E-state index in [1.807, 2.05) is 6.07 Å². The van der Waals surface area contributed by atoms with Crippen molar-refractivity contribution in [2.24, 2.45) is 0 Å². The molecule has 1 heterocycles. The molecule has 6 heteroatoms. The van der Waals surface area contributed by atoms with E-state index in [2.05, 4.69) is 10.6 Å². The molecule has 6 nitrogen and oxygen atoms in total. The highest BCUT2D eigenvalue weighted by Gasteiger charge is 2.10. The van der Waals surface area contributed by atoms with Crippen LogP contribution in [0.4, 0.5) is 11.4 Å². The van der Waals surface area contributed by atoms with Crippen LogP contribution in [0.2, 0.25) is 0 Å². The molecule has 2 amide bonds. The maximum atomic E-state index is 12.0. The number of nitrogens with one attached hydrogen (secondary N) is 2. The van der Waals surface area contributed by atoms with Crippen molar-refractivity contribution in [3.8, 4) is 0 Å². The molecule has 0 atom stereocenters. The monoisotopic (exact) mass is 362 g/mol. The van der Waals surface area contributed by atoms with Crippen LogP contribution in [-0.2, 0) is 4.79 Å². The van der Waals surface area contributed by atoms with Crippen molar-refractivity contribution < 1.29 is 18.8 Å². The van der Waals surface area contributed by atoms with E-state index in [9.17, 15) is 14.4 Å². The van der Waals surface area contributed by atoms with E-state index >= 15 is 0 Å². The molecule has 0 saturated heterocycles. The third-order valence-electron chi connectivity index (χ3n) is 3.85. The average Bonchev–Trinajstić information content (AvgIpc) is 3.23. The second-order valence-electron chi connectivity index (χ2n) is 5.85. The normalized spacial score (nSPS) is 10.2. The predicted molar refractivity (Wildman–Crippen MR) is 102 cm³/mol. The summed E-state index contributed by atoms with van der Waals surface area (Å²) in [4.78, 5) is 35.9. The van der Waals surface area contributed by atoms with Gasteiger partial charge in [-0.15, -0.1) is 0 Å². The van der Waals surface area contributed by atoms with Crippen molar-refractivity contribution in [3.63, 3.8) is 0 Å². The van der Waals surface area contributed by atoms with Gasteiger partial charge in [0.05, 0.1) is 6.26 Å². The van der Waals surface area contributed by atoms with Gasteiger partial charge in [0, 0.05) is 29.8 Å². The summed E-state index contributed by atoms with van der Waals surface area (Å²) < 4.78 is 5.03. The van der Waals surface area contributed by atoms with Crippen molar-refractivity contribution in [1.82, 2.24) is 0 Å². The number of carbonyl (C=O) groups excluding carboxylic acids is 3. The van der Waals surface area contributed by atoms with Crippen LogP contribution >= 0.6 is 0 Å². The first kappa shape index (κ1) is 18.1. The van der Waals surface area contributed by atoms with Gasteiger partial charge in [0.2, 0.25) is 5.91 Å². The van der Waals surface area contributed by atoms with Crippen LogP contribution in [0.25, 0.3) is 0 Å². The van der Waals surface area contributed by atoms with Gasteiger partial charge in [0.15, 0.2) is 11.5 Å². The highest BCUT2D eigenvalue weighted by Crippen LogP contribution is 2.15. The molecule has 0 saturated carbocycles. The van der Waals surface area contributed by atoms with Gasteiger partial charge in [-0.25, -0.2) is 0 Å². The second kappa shape index (κ2) is 8.62. The number of ketones is 1. The smallest absolute Gasteiger partial charge is 0.291 e. The van der Waals surface area contributed by atoms with Crippen molar-refractivity contribution >= 4 is 29.0 Å². The molecular formula is C21H18N2O4. The Bertz CT molecular complexity index is 917. The van der Waals surface area contributed by atoms with Gasteiger partial charge in [-0.3, -0.25) is 14.4 Å². The zero-order chi connectivity index (χ0) is 19.1. The van der Waals surface area contributed by atoms with E-state index in [0.717, 1.165) is 0 Å². The third kappa shape index (κ3) is 5.15. The number of Topliss-reactive ketones (excluding diaryl/α,β-unsaturated/α-hetero) is 1. The van der Waals surface area contributed by atoms with Gasteiger partial charge in [-0.05, 0) is 36.4 Å². The van der Waals surface area contributed by atoms with Crippen LogP contribution in [0.5, 0.6) is 0 Å². The molecule has 2 aromatic carbocycles. The third-order valence-corrected chi connectivity index (χ3v) is 3.85. The minimum absolute atomic E-state index is 0.0678. The van der Waals surface area contributed by atoms with Crippen molar-refractivity contribution in [3.05, 3.63) is 84.3 Å². The molecule has 0 radical (unpaired) electrons. The predicted octanol–water partition coefficient (Wildman–Crippen LogP) is 4.13. The lowest BCUT2D eigenvalue weighted by atomic mass is 10.1. The van der Waals surface area contributed by atoms with Gasteiger partial charge in [0.1, 0.15) is 0 Å². The second-order valence-corrected chi connectivity index (χ2v) is 5.85. The van der Waals surface area contributed by atoms with E-state index < -0.39 is 0 Å². The first-order chi connectivity index (χ1) is 13.1. The van der Waals surface area contributed by atoms with Crippen molar-refractivity contribution in [2.45, 2.75) is 12.8 Å². The number of hydrogen-bond acceptors (Lipinski definition) is 4. The number of furan rings is 1. The van der Waals surface area contributed by atoms with E-state index in [4.69, 9.17) is 4.42 Å². The summed E-state index contributed by atoms with van der Waals surface area (Å²) in [5.74, 6) is -0.444. The fourth-order valence-corrected chi connectivity index (χ4v) is 2.46. The number of anilines is 2. The lowest BCUT2D eigenvalue weighted by molar-refractivity contribution is -0.116. The number of amides is 2. The Morgan fingerprint density at radius 3 is 2.04 bits per heavy atom. The molecule has 1 aromatic heterocycles. The topological polar surface area (TPSA) is 88.4 Å². The zero-order valence-corrected chi connectivity index (χ0v) is 14.5. The molecule has 0 fully saturated rings. The molecule has 0 unspecified atom stereocenters. The summed E-state index contributed by atoms with van der Waals surface area (Å²) in [5.41, 5.74) is 1.76. The minimum atomic E-state index is -0.351. The van der Waals surface area contributed by atoms with Crippen LogP contribution in [0.3, 0.4) is 0 Å². The average molecular weight is 362 g/mol. The van der Waals surface area contributed by atoms with Crippen LogP contribution < -0.4 is 10.6 Å². The lowest BCUT2D eigenvalue weighted by Gasteiger charge is -2.07. The van der Waals surface area contributed by atoms with Crippen LogP contribution in [0.1, 0.15) is 33.8 Å². The summed E-state index contributed by atoms with van der Waals surface area (Å²) in [6.07, 6.45) is 1.67. The van der Waals surface area contributed by atoms with E-state index in [0.29, 0.717) is 16.9 Å². The quantitative estimate of drug-likeness (QED) is 0.619. The zero-order valence-electron chi connectivity index (χ0n) is 14.5. The first-order valence-electron chi connectivity index (χ1n) is 8.45. The summed E-state index contributed by atoms with van der Waals surface area (Å²) in [6, 6.07) is 18.8. The molecule has 2 N–H and O–H groups in total. The number of hydrogen-bond donors (Lipinski definition) is 2. The summed E-state index contributed by atoms with van der Waals surface area (Å²) in [5, 5.41) is 5.43. The summed E-state index contributed by atoms with van der Waals surface area (Å²) in [7, 11) is 0. The SMILES string of the molecule is O=C(CCC(=O)c1ccccc1)Nc1ccc(NC(=O)c2ccco2)cc1. The number of rotatable bonds is 7. The van der Waals surface area contributed by atoms with Crippen LogP contribution in [-0.4, -0.2) is 17.6 Å². The fourth-order valence-electron chi connectivity index (χ4n) is 2.46. The first-order valence-corrected chi connectivity index (χ1v) is 8.45. The Hall–Kier alpha value is -3.67. The highest BCUT2D eigenvalue weighted by atomic mass is 16.3. The largest absolute Gasteiger partial charge is 0.459 e. The molecular weight excluding hydrogens is 344 g/mol. The summed E-state index contributed by atoms with van der Waals surface area (Å²) >= 11 is 0. The van der Waals surface area contributed by atoms with E-state index in [1.165, 1.54) is 6.26 Å². The number of benzene rings is 2. The highest BCUT2D eigenvalue weighted by molar-refractivity contribution is 6.02. The Morgan fingerprint density at radius 1 is 0.741 bits per heavy atom. The number of carbonyl (C=O) groups is 3. The molecule has 0 aliphatic carbocycles. The van der Waals surface area contributed by atoms with Crippen molar-refractivity contribution in [1.29, 1.82) is 0 Å². The fraction of sp³-hybridized carbons (Fsp3) is 0.0952. The maximum absolute atomic E-state index is 12.0. The molecule has 3 aromatic rings. The molecule has 0 bridgehead atoms. The molecule has 0 spiro atoms. The Balaban J connectivity index is 1.48. The molecule has 136 valence electrons. The molecule has 0 aliphatic rings. The lowest BCUT2D eigenvalue weighted by Crippen LogP contribution is -2.14. The Labute approximate surface area is 156 Å². The van der Waals surface area contributed by atoms with Gasteiger partial charge < -0.3 is 15.1 Å². The Kier molecular flexibility index (Phi) is 5.79. The van der Waals surface area contributed by atoms with Crippen molar-refractivity contribution in [2.75, 3.05) is 10.6 Å². The maximum Gasteiger partial charge on any atom is 0.291 e. The molecule has 27 heavy (non-hydrogen) atoms. The van der Waals surface area contributed by atoms with Gasteiger partial charge in [0.25, 0.3) is 5.91 Å². The summed E-state index contributed by atoms with van der Waals surface area (Å²) in [6.45, 7) is 0. The van der Waals surface area contributed by atoms with Crippen LogP contribution in [0, 0.1) is 0 Å². The molecule has 0 aliphatic heterocycles. The van der Waals surface area contributed by atoms with E-state index in [-0.39, 0.29) is 36.2 Å². The Morgan fingerprint density at radius 2 is 1.41 bits per heavy atom. The van der Waals surface area contributed by atoms with E-state index in [1.54, 1.807) is 60.7 Å². The van der Waals surface area contributed by atoms with Gasteiger partial charge >= 0.3 is 0 Å². The van der Waals surface area contributed by atoms with Gasteiger partial charge in [-0.2, -0.15) is 0 Å².